The van der Waals surface area contributed by atoms with Crippen LogP contribution in [0.3, 0.4) is 0 Å². The maximum Gasteiger partial charge on any atom is 0.274 e. The Morgan fingerprint density at radius 3 is 3.00 bits per heavy atom. The summed E-state index contributed by atoms with van der Waals surface area (Å²) in [5.41, 5.74) is 2.68. The molecule has 1 aromatic rings. The molecule has 0 radical (unpaired) electrons. The number of morpholine rings is 1. The Labute approximate surface area is 98.9 Å². The number of nitrogens with one attached hydrogen (secondary N) is 1. The molecular formula is C10H15N5O2. The number of carbonyl (C=O) groups excluding carboxylic acids is 1. The summed E-state index contributed by atoms with van der Waals surface area (Å²) in [7, 11) is 0. The monoisotopic (exact) mass is 237 g/mol. The summed E-state index contributed by atoms with van der Waals surface area (Å²) in [6, 6.07) is 3.28. The Kier molecular flexibility index (Phi) is 3.50. The second kappa shape index (κ2) is 5.07. The van der Waals surface area contributed by atoms with E-state index in [1.807, 2.05) is 6.92 Å². The van der Waals surface area contributed by atoms with Gasteiger partial charge in [-0.25, -0.2) is 5.84 Å². The fourth-order valence-electron chi connectivity index (χ4n) is 1.70. The van der Waals surface area contributed by atoms with E-state index in [4.69, 9.17) is 10.6 Å². The lowest BCUT2D eigenvalue weighted by atomic mass is 10.2. The molecule has 7 nitrogen and oxygen atoms in total. The molecule has 1 aliphatic rings. The standard InChI is InChI=1S/C10H15N5O2/c1-7-6-17-5-4-15(7)10(16)8-2-3-9(12-11)14-13-8/h2-3,7H,4-6,11H2,1H3,(H,12,14). The first-order valence-electron chi connectivity index (χ1n) is 5.41. The molecule has 1 unspecified atom stereocenters. The number of nitrogen functional groups attached to an aromatic ring is 1. The van der Waals surface area contributed by atoms with Gasteiger partial charge in [0.25, 0.3) is 5.91 Å². The summed E-state index contributed by atoms with van der Waals surface area (Å²) in [6.45, 7) is 3.65. The van der Waals surface area contributed by atoms with Gasteiger partial charge in [0.15, 0.2) is 11.5 Å². The van der Waals surface area contributed by atoms with Crippen molar-refractivity contribution < 1.29 is 9.53 Å². The van der Waals surface area contributed by atoms with Gasteiger partial charge in [-0.2, -0.15) is 0 Å². The largest absolute Gasteiger partial charge is 0.377 e. The molecule has 1 fully saturated rings. The lowest BCUT2D eigenvalue weighted by Crippen LogP contribution is -2.47. The molecule has 0 spiro atoms. The third kappa shape index (κ3) is 2.51. The molecule has 3 N–H and O–H groups in total. The number of hydrazine groups is 1. The van der Waals surface area contributed by atoms with Gasteiger partial charge in [0.1, 0.15) is 0 Å². The van der Waals surface area contributed by atoms with Gasteiger partial charge in [0.2, 0.25) is 0 Å². The average Bonchev–Trinajstić information content (AvgIpc) is 2.39. The van der Waals surface area contributed by atoms with Crippen molar-refractivity contribution >= 4 is 11.7 Å². The summed E-state index contributed by atoms with van der Waals surface area (Å²) in [5, 5.41) is 7.61. The molecule has 92 valence electrons. The van der Waals surface area contributed by atoms with Crippen molar-refractivity contribution in [3.8, 4) is 0 Å². The van der Waals surface area contributed by atoms with E-state index < -0.39 is 0 Å². The van der Waals surface area contributed by atoms with E-state index >= 15 is 0 Å². The van der Waals surface area contributed by atoms with Crippen LogP contribution in [-0.2, 0) is 4.74 Å². The van der Waals surface area contributed by atoms with Crippen molar-refractivity contribution in [3.63, 3.8) is 0 Å². The zero-order valence-corrected chi connectivity index (χ0v) is 9.59. The van der Waals surface area contributed by atoms with Gasteiger partial charge >= 0.3 is 0 Å². The van der Waals surface area contributed by atoms with E-state index in [0.717, 1.165) is 0 Å². The van der Waals surface area contributed by atoms with Crippen LogP contribution in [0, 0.1) is 0 Å². The molecule has 2 heterocycles. The Balaban J connectivity index is 2.12. The summed E-state index contributed by atoms with van der Waals surface area (Å²) in [5.74, 6) is 5.48. The number of aromatic nitrogens is 2. The van der Waals surface area contributed by atoms with Crippen LogP contribution in [0.25, 0.3) is 0 Å². The van der Waals surface area contributed by atoms with Crippen LogP contribution in [0.15, 0.2) is 12.1 Å². The number of ether oxygens (including phenoxy) is 1. The van der Waals surface area contributed by atoms with Gasteiger partial charge < -0.3 is 15.1 Å². The van der Waals surface area contributed by atoms with Crippen LogP contribution >= 0.6 is 0 Å². The molecule has 1 aromatic heterocycles. The van der Waals surface area contributed by atoms with Gasteiger partial charge in [-0.05, 0) is 19.1 Å². The van der Waals surface area contributed by atoms with E-state index in [9.17, 15) is 4.79 Å². The van der Waals surface area contributed by atoms with Gasteiger partial charge in [-0.1, -0.05) is 0 Å². The Hall–Kier alpha value is -1.73. The molecule has 1 amide bonds. The number of hydrogen-bond donors (Lipinski definition) is 2. The summed E-state index contributed by atoms with van der Waals surface area (Å²) >= 11 is 0. The van der Waals surface area contributed by atoms with E-state index in [1.54, 1.807) is 17.0 Å². The van der Waals surface area contributed by atoms with Crippen molar-refractivity contribution in [2.45, 2.75) is 13.0 Å². The molecule has 0 bridgehead atoms. The van der Waals surface area contributed by atoms with E-state index in [0.29, 0.717) is 31.3 Å². The zero-order chi connectivity index (χ0) is 12.3. The van der Waals surface area contributed by atoms with Crippen LogP contribution < -0.4 is 11.3 Å². The summed E-state index contributed by atoms with van der Waals surface area (Å²) < 4.78 is 5.28. The number of rotatable bonds is 2. The molecule has 0 saturated carbocycles. The molecule has 1 saturated heterocycles. The topological polar surface area (TPSA) is 93.4 Å². The van der Waals surface area contributed by atoms with Gasteiger partial charge in [-0.3, -0.25) is 4.79 Å². The summed E-state index contributed by atoms with van der Waals surface area (Å²) in [6.07, 6.45) is 0. The quantitative estimate of drug-likeness (QED) is 0.538. The highest BCUT2D eigenvalue weighted by atomic mass is 16.5. The first-order valence-corrected chi connectivity index (χ1v) is 5.41. The van der Waals surface area contributed by atoms with Gasteiger partial charge in [-0.15, -0.1) is 10.2 Å². The zero-order valence-electron chi connectivity index (χ0n) is 9.59. The minimum Gasteiger partial charge on any atom is -0.377 e. The second-order valence-electron chi connectivity index (χ2n) is 3.87. The average molecular weight is 237 g/mol. The Morgan fingerprint density at radius 1 is 1.59 bits per heavy atom. The third-order valence-corrected chi connectivity index (χ3v) is 2.66. The maximum absolute atomic E-state index is 12.1. The van der Waals surface area contributed by atoms with E-state index in [2.05, 4.69) is 15.6 Å². The van der Waals surface area contributed by atoms with Crippen molar-refractivity contribution in [1.82, 2.24) is 15.1 Å². The Morgan fingerprint density at radius 2 is 2.41 bits per heavy atom. The summed E-state index contributed by atoms with van der Waals surface area (Å²) in [4.78, 5) is 13.9. The fraction of sp³-hybridized carbons (Fsp3) is 0.500. The highest BCUT2D eigenvalue weighted by Gasteiger charge is 2.25. The predicted octanol–water partition coefficient (Wildman–Crippen LogP) is -0.377. The highest BCUT2D eigenvalue weighted by molar-refractivity contribution is 5.92. The maximum atomic E-state index is 12.1. The lowest BCUT2D eigenvalue weighted by molar-refractivity contribution is 0.00321. The fourth-order valence-corrected chi connectivity index (χ4v) is 1.70. The Bertz CT molecular complexity index is 394. The predicted molar refractivity (Wildman–Crippen MR) is 61.2 cm³/mol. The van der Waals surface area contributed by atoms with Crippen LogP contribution in [0.4, 0.5) is 5.82 Å². The number of hydrogen-bond acceptors (Lipinski definition) is 6. The van der Waals surface area contributed by atoms with Gasteiger partial charge in [0.05, 0.1) is 19.3 Å². The number of carbonyl (C=O) groups is 1. The molecule has 0 aromatic carbocycles. The lowest BCUT2D eigenvalue weighted by Gasteiger charge is -2.32. The number of amides is 1. The van der Waals surface area contributed by atoms with Crippen LogP contribution in [-0.4, -0.2) is 46.8 Å². The molecule has 0 aliphatic carbocycles. The molecule has 17 heavy (non-hydrogen) atoms. The molecule has 2 rings (SSSR count). The van der Waals surface area contributed by atoms with E-state index in [-0.39, 0.29) is 11.9 Å². The number of nitrogens with two attached hydrogens (primary N) is 1. The van der Waals surface area contributed by atoms with Gasteiger partial charge in [0, 0.05) is 6.54 Å². The molecule has 7 heteroatoms. The first-order chi connectivity index (χ1) is 8.22. The third-order valence-electron chi connectivity index (χ3n) is 2.66. The number of nitrogens with zero attached hydrogens (tertiary/aromatic N) is 3. The first kappa shape index (κ1) is 11.7. The SMILES string of the molecule is CC1COCCN1C(=O)c1ccc(NN)nn1. The second-order valence-corrected chi connectivity index (χ2v) is 3.87. The van der Waals surface area contributed by atoms with Crippen molar-refractivity contribution in [2.24, 2.45) is 5.84 Å². The normalized spacial score (nSPS) is 20.1. The smallest absolute Gasteiger partial charge is 0.274 e. The number of anilines is 1. The highest BCUT2D eigenvalue weighted by Crippen LogP contribution is 2.11. The molecular weight excluding hydrogens is 222 g/mol. The van der Waals surface area contributed by atoms with Crippen molar-refractivity contribution in [2.75, 3.05) is 25.2 Å². The van der Waals surface area contributed by atoms with E-state index in [1.165, 1.54) is 0 Å². The molecule has 1 aliphatic heterocycles. The minimum absolute atomic E-state index is 0.0605. The van der Waals surface area contributed by atoms with Crippen molar-refractivity contribution in [1.29, 1.82) is 0 Å². The van der Waals surface area contributed by atoms with Crippen molar-refractivity contribution in [3.05, 3.63) is 17.8 Å². The van der Waals surface area contributed by atoms with Crippen LogP contribution in [0.2, 0.25) is 0 Å². The minimum atomic E-state index is -0.128. The van der Waals surface area contributed by atoms with Crippen LogP contribution in [0.5, 0.6) is 0 Å². The van der Waals surface area contributed by atoms with Crippen LogP contribution in [0.1, 0.15) is 17.4 Å². The molecule has 1 atom stereocenters.